The van der Waals surface area contributed by atoms with Gasteiger partial charge in [0.15, 0.2) is 0 Å². The third kappa shape index (κ3) is 4.46. The minimum Gasteiger partial charge on any atom is -0.496 e. The van der Waals surface area contributed by atoms with Crippen LogP contribution < -0.4 is 10.1 Å². The number of hydrogen-bond acceptors (Lipinski definition) is 3. The smallest absolute Gasteiger partial charge is 0.122 e. The fourth-order valence-electron chi connectivity index (χ4n) is 4.29. The molecule has 1 N–H and O–H groups in total. The van der Waals surface area contributed by atoms with Crippen molar-refractivity contribution in [2.75, 3.05) is 20.3 Å². The lowest BCUT2D eigenvalue weighted by Gasteiger charge is -2.46. The number of ether oxygens (including phenoxy) is 2. The maximum Gasteiger partial charge on any atom is 0.122 e. The topological polar surface area (TPSA) is 30.5 Å². The molecule has 1 aliphatic rings. The highest BCUT2D eigenvalue weighted by Crippen LogP contribution is 2.46. The van der Waals surface area contributed by atoms with Crippen LogP contribution in [0.15, 0.2) is 54.6 Å². The van der Waals surface area contributed by atoms with Crippen LogP contribution in [0.5, 0.6) is 5.75 Å². The molecule has 0 amide bonds. The van der Waals surface area contributed by atoms with E-state index in [2.05, 4.69) is 67.7 Å². The van der Waals surface area contributed by atoms with E-state index in [0.717, 1.165) is 44.7 Å². The summed E-state index contributed by atoms with van der Waals surface area (Å²) in [5, 5.41) is 3.63. The summed E-state index contributed by atoms with van der Waals surface area (Å²) in [5.41, 5.74) is 2.61. The Morgan fingerprint density at radius 3 is 2.50 bits per heavy atom. The minimum absolute atomic E-state index is 0.0814. The Bertz CT molecular complexity index is 698. The molecule has 1 saturated heterocycles. The first-order valence-electron chi connectivity index (χ1n) is 9.57. The van der Waals surface area contributed by atoms with E-state index >= 15 is 0 Å². The van der Waals surface area contributed by atoms with Gasteiger partial charge in [-0.15, -0.1) is 0 Å². The largest absolute Gasteiger partial charge is 0.496 e. The van der Waals surface area contributed by atoms with Crippen molar-refractivity contribution in [1.82, 2.24) is 5.32 Å². The van der Waals surface area contributed by atoms with E-state index < -0.39 is 0 Å². The van der Waals surface area contributed by atoms with Crippen LogP contribution in [-0.4, -0.2) is 25.9 Å². The maximum atomic E-state index is 6.03. The minimum atomic E-state index is -0.113. The van der Waals surface area contributed by atoms with E-state index in [1.54, 1.807) is 7.11 Å². The Morgan fingerprint density at radius 1 is 1.04 bits per heavy atom. The fraction of sp³-hybridized carbons (Fsp3) is 0.478. The van der Waals surface area contributed by atoms with Gasteiger partial charge in [-0.3, -0.25) is 0 Å². The van der Waals surface area contributed by atoms with Crippen molar-refractivity contribution in [3.63, 3.8) is 0 Å². The molecule has 3 nitrogen and oxygen atoms in total. The summed E-state index contributed by atoms with van der Waals surface area (Å²) >= 11 is 0. The number of benzene rings is 2. The summed E-state index contributed by atoms with van der Waals surface area (Å²) in [6.07, 6.45) is 3.12. The van der Waals surface area contributed by atoms with E-state index in [-0.39, 0.29) is 11.0 Å². The van der Waals surface area contributed by atoms with Gasteiger partial charge in [0, 0.05) is 24.1 Å². The molecule has 0 saturated carbocycles. The predicted molar refractivity (Wildman–Crippen MR) is 107 cm³/mol. The van der Waals surface area contributed by atoms with Gasteiger partial charge in [0.25, 0.3) is 0 Å². The van der Waals surface area contributed by atoms with Gasteiger partial charge in [0.2, 0.25) is 0 Å². The Morgan fingerprint density at radius 2 is 1.77 bits per heavy atom. The summed E-state index contributed by atoms with van der Waals surface area (Å²) < 4.78 is 11.7. The molecular weight excluding hydrogens is 322 g/mol. The van der Waals surface area contributed by atoms with Crippen molar-refractivity contribution in [1.29, 1.82) is 0 Å². The van der Waals surface area contributed by atoms with Gasteiger partial charge in [-0.25, -0.2) is 0 Å². The standard InChI is InChI=1S/C23H31NO2/c1-22(2)18-23(14-16-26-22,20-11-7-8-12-21(20)25-3)13-15-24-17-19-9-5-4-6-10-19/h4-12,24H,13-18H2,1-3H3/t23-/m1/s1. The van der Waals surface area contributed by atoms with Gasteiger partial charge in [0.1, 0.15) is 5.75 Å². The Kier molecular flexibility index (Phi) is 6.00. The first kappa shape index (κ1) is 18.9. The van der Waals surface area contributed by atoms with Crippen molar-refractivity contribution in [2.45, 2.75) is 50.7 Å². The second-order valence-corrected chi connectivity index (χ2v) is 7.93. The van der Waals surface area contributed by atoms with Crippen LogP contribution in [-0.2, 0) is 16.7 Å². The number of rotatable bonds is 7. The summed E-state index contributed by atoms with van der Waals surface area (Å²) in [7, 11) is 1.77. The molecule has 1 heterocycles. The monoisotopic (exact) mass is 353 g/mol. The maximum absolute atomic E-state index is 6.03. The van der Waals surface area contributed by atoms with Crippen molar-refractivity contribution < 1.29 is 9.47 Å². The average Bonchev–Trinajstić information content (AvgIpc) is 2.65. The molecule has 3 heteroatoms. The zero-order valence-corrected chi connectivity index (χ0v) is 16.3. The summed E-state index contributed by atoms with van der Waals surface area (Å²) in [5.74, 6) is 0.994. The summed E-state index contributed by atoms with van der Waals surface area (Å²) in [6.45, 7) is 7.08. The summed E-state index contributed by atoms with van der Waals surface area (Å²) in [4.78, 5) is 0. The Labute approximate surface area is 157 Å². The van der Waals surface area contributed by atoms with Gasteiger partial charge in [-0.05, 0) is 51.3 Å². The van der Waals surface area contributed by atoms with Crippen LogP contribution >= 0.6 is 0 Å². The lowest BCUT2D eigenvalue weighted by Crippen LogP contribution is -2.45. The Balaban J connectivity index is 1.75. The van der Waals surface area contributed by atoms with E-state index in [9.17, 15) is 0 Å². The van der Waals surface area contributed by atoms with E-state index in [1.807, 2.05) is 6.07 Å². The van der Waals surface area contributed by atoms with E-state index in [0.29, 0.717) is 0 Å². The van der Waals surface area contributed by atoms with Gasteiger partial charge < -0.3 is 14.8 Å². The molecule has 1 fully saturated rings. The fourth-order valence-corrected chi connectivity index (χ4v) is 4.29. The molecule has 0 aliphatic carbocycles. The molecule has 0 aromatic heterocycles. The van der Waals surface area contributed by atoms with Crippen LogP contribution in [0.25, 0.3) is 0 Å². The van der Waals surface area contributed by atoms with Crippen LogP contribution in [0.3, 0.4) is 0 Å². The second kappa shape index (κ2) is 8.24. The van der Waals surface area contributed by atoms with Gasteiger partial charge in [-0.1, -0.05) is 48.5 Å². The van der Waals surface area contributed by atoms with Crippen molar-refractivity contribution in [3.05, 3.63) is 65.7 Å². The molecule has 3 rings (SSSR count). The number of hydrogen-bond donors (Lipinski definition) is 1. The molecule has 0 unspecified atom stereocenters. The Hall–Kier alpha value is -1.84. The van der Waals surface area contributed by atoms with Crippen LogP contribution in [0.2, 0.25) is 0 Å². The SMILES string of the molecule is COc1ccccc1[C@]1(CCNCc2ccccc2)CCOC(C)(C)C1. The zero-order chi connectivity index (χ0) is 18.5. The van der Waals surface area contributed by atoms with E-state index in [1.165, 1.54) is 11.1 Å². The summed E-state index contributed by atoms with van der Waals surface area (Å²) in [6, 6.07) is 19.1. The third-order valence-corrected chi connectivity index (χ3v) is 5.47. The first-order valence-corrected chi connectivity index (χ1v) is 9.57. The van der Waals surface area contributed by atoms with Crippen molar-refractivity contribution in [3.8, 4) is 5.75 Å². The predicted octanol–water partition coefficient (Wildman–Crippen LogP) is 4.70. The van der Waals surface area contributed by atoms with Gasteiger partial charge in [0.05, 0.1) is 12.7 Å². The van der Waals surface area contributed by atoms with E-state index in [4.69, 9.17) is 9.47 Å². The first-order chi connectivity index (χ1) is 12.5. The molecule has 1 aliphatic heterocycles. The molecule has 2 aromatic carbocycles. The van der Waals surface area contributed by atoms with Crippen LogP contribution in [0, 0.1) is 0 Å². The lowest BCUT2D eigenvalue weighted by molar-refractivity contribution is -0.0843. The molecule has 26 heavy (non-hydrogen) atoms. The molecule has 2 aromatic rings. The second-order valence-electron chi connectivity index (χ2n) is 7.93. The third-order valence-electron chi connectivity index (χ3n) is 5.47. The van der Waals surface area contributed by atoms with Crippen molar-refractivity contribution >= 4 is 0 Å². The van der Waals surface area contributed by atoms with Gasteiger partial charge in [-0.2, -0.15) is 0 Å². The van der Waals surface area contributed by atoms with Crippen LogP contribution in [0.4, 0.5) is 0 Å². The number of para-hydroxylation sites is 1. The van der Waals surface area contributed by atoms with Crippen LogP contribution in [0.1, 0.15) is 44.2 Å². The molecule has 0 bridgehead atoms. The normalized spacial score (nSPS) is 22.1. The van der Waals surface area contributed by atoms with Gasteiger partial charge >= 0.3 is 0 Å². The lowest BCUT2D eigenvalue weighted by atomic mass is 9.67. The average molecular weight is 354 g/mol. The molecule has 1 atom stereocenters. The molecular formula is C23H31NO2. The number of methoxy groups -OCH3 is 1. The molecule has 0 spiro atoms. The zero-order valence-electron chi connectivity index (χ0n) is 16.3. The van der Waals surface area contributed by atoms with Crippen molar-refractivity contribution in [2.24, 2.45) is 0 Å². The highest BCUT2D eigenvalue weighted by atomic mass is 16.5. The number of nitrogens with one attached hydrogen (secondary N) is 1. The quantitative estimate of drug-likeness (QED) is 0.732. The molecule has 0 radical (unpaired) electrons. The molecule has 140 valence electrons. The highest BCUT2D eigenvalue weighted by Gasteiger charge is 2.43. The highest BCUT2D eigenvalue weighted by molar-refractivity contribution is 5.40.